The molecule has 1 aliphatic carbocycles. The second-order valence-electron chi connectivity index (χ2n) is 4.54. The standard InChI is InChI=1S/C13H18N4O2/c14-12(15)8-19-11-7-2-1-6-10(11)17-13(18)16-9-4-3-5-9/h1-2,6-7,9H,3-5,8H2,(H3,14,15)(H2,16,17,18). The van der Waals surface area contributed by atoms with Gasteiger partial charge in [0.2, 0.25) is 0 Å². The highest BCUT2D eigenvalue weighted by Gasteiger charge is 2.19. The third-order valence-corrected chi connectivity index (χ3v) is 2.96. The summed E-state index contributed by atoms with van der Waals surface area (Å²) in [6.07, 6.45) is 3.25. The fourth-order valence-corrected chi connectivity index (χ4v) is 1.75. The number of urea groups is 1. The quantitative estimate of drug-likeness (QED) is 0.479. The molecule has 5 N–H and O–H groups in total. The summed E-state index contributed by atoms with van der Waals surface area (Å²) in [5.74, 6) is 0.440. The number of hydrogen-bond donors (Lipinski definition) is 4. The zero-order valence-corrected chi connectivity index (χ0v) is 10.6. The van der Waals surface area contributed by atoms with Gasteiger partial charge >= 0.3 is 6.03 Å². The van der Waals surface area contributed by atoms with Crippen molar-refractivity contribution in [2.24, 2.45) is 5.73 Å². The number of nitrogens with one attached hydrogen (secondary N) is 3. The Bertz CT molecular complexity index is 471. The molecule has 0 aliphatic heterocycles. The summed E-state index contributed by atoms with van der Waals surface area (Å²) in [6, 6.07) is 7.12. The van der Waals surface area contributed by atoms with E-state index in [1.165, 1.54) is 6.42 Å². The van der Waals surface area contributed by atoms with E-state index in [4.69, 9.17) is 15.9 Å². The molecule has 0 heterocycles. The first-order valence-corrected chi connectivity index (χ1v) is 6.27. The molecule has 6 nitrogen and oxygen atoms in total. The van der Waals surface area contributed by atoms with Crippen LogP contribution in [0.25, 0.3) is 0 Å². The fourth-order valence-electron chi connectivity index (χ4n) is 1.75. The molecule has 0 radical (unpaired) electrons. The number of rotatable bonds is 5. The van der Waals surface area contributed by atoms with Gasteiger partial charge in [0, 0.05) is 6.04 Å². The van der Waals surface area contributed by atoms with Crippen LogP contribution < -0.4 is 21.1 Å². The second-order valence-corrected chi connectivity index (χ2v) is 4.54. The maximum atomic E-state index is 11.8. The number of para-hydroxylation sites is 2. The van der Waals surface area contributed by atoms with Crippen LogP contribution in [0.4, 0.5) is 10.5 Å². The zero-order valence-electron chi connectivity index (χ0n) is 10.6. The van der Waals surface area contributed by atoms with E-state index in [1.807, 2.05) is 0 Å². The third-order valence-electron chi connectivity index (χ3n) is 2.96. The van der Waals surface area contributed by atoms with E-state index < -0.39 is 0 Å². The monoisotopic (exact) mass is 262 g/mol. The largest absolute Gasteiger partial charge is 0.484 e. The molecule has 6 heteroatoms. The maximum absolute atomic E-state index is 11.8. The van der Waals surface area contributed by atoms with Crippen LogP contribution in [0, 0.1) is 5.41 Å². The van der Waals surface area contributed by atoms with Gasteiger partial charge in [-0.05, 0) is 31.4 Å². The van der Waals surface area contributed by atoms with Gasteiger partial charge in [-0.15, -0.1) is 0 Å². The number of benzene rings is 1. The molecule has 2 amide bonds. The minimum atomic E-state index is -0.233. The van der Waals surface area contributed by atoms with E-state index in [9.17, 15) is 4.79 Å². The lowest BCUT2D eigenvalue weighted by Crippen LogP contribution is -2.41. The van der Waals surface area contributed by atoms with Crippen LogP contribution in [0.3, 0.4) is 0 Å². The van der Waals surface area contributed by atoms with Crippen LogP contribution in [0.5, 0.6) is 5.75 Å². The Kier molecular flexibility index (Phi) is 4.22. The summed E-state index contributed by atoms with van der Waals surface area (Å²) < 4.78 is 5.35. The number of amides is 2. The molecule has 1 saturated carbocycles. The SMILES string of the molecule is N=C(N)COc1ccccc1NC(=O)NC1CCC1. The van der Waals surface area contributed by atoms with Gasteiger partial charge in [0.15, 0.2) is 0 Å². The molecule has 1 aliphatic rings. The minimum absolute atomic E-state index is 0.00291. The van der Waals surface area contributed by atoms with Gasteiger partial charge < -0.3 is 21.1 Å². The van der Waals surface area contributed by atoms with E-state index >= 15 is 0 Å². The Hall–Kier alpha value is -2.24. The number of anilines is 1. The Morgan fingerprint density at radius 3 is 2.79 bits per heavy atom. The molecule has 0 spiro atoms. The van der Waals surface area contributed by atoms with E-state index in [-0.39, 0.29) is 24.5 Å². The third kappa shape index (κ3) is 3.87. The smallest absolute Gasteiger partial charge is 0.319 e. The molecule has 102 valence electrons. The molecule has 1 aromatic rings. The predicted molar refractivity (Wildman–Crippen MR) is 73.6 cm³/mol. The summed E-state index contributed by atoms with van der Waals surface area (Å²) in [7, 11) is 0. The lowest BCUT2D eigenvalue weighted by molar-refractivity contribution is 0.240. The first kappa shape index (κ1) is 13.2. The van der Waals surface area contributed by atoms with Gasteiger partial charge in [0.1, 0.15) is 18.2 Å². The van der Waals surface area contributed by atoms with E-state index in [0.717, 1.165) is 12.8 Å². The maximum Gasteiger partial charge on any atom is 0.319 e. The second kappa shape index (κ2) is 6.08. The van der Waals surface area contributed by atoms with Crippen LogP contribution >= 0.6 is 0 Å². The molecular formula is C13H18N4O2. The van der Waals surface area contributed by atoms with Crippen molar-refractivity contribution in [3.05, 3.63) is 24.3 Å². The highest BCUT2D eigenvalue weighted by atomic mass is 16.5. The van der Waals surface area contributed by atoms with Crippen LogP contribution in [0.2, 0.25) is 0 Å². The number of amidine groups is 1. The van der Waals surface area contributed by atoms with Crippen molar-refractivity contribution < 1.29 is 9.53 Å². The van der Waals surface area contributed by atoms with E-state index in [1.54, 1.807) is 24.3 Å². The van der Waals surface area contributed by atoms with Gasteiger partial charge in [-0.3, -0.25) is 5.41 Å². The van der Waals surface area contributed by atoms with Crippen molar-refractivity contribution in [1.82, 2.24) is 5.32 Å². The molecule has 0 unspecified atom stereocenters. The summed E-state index contributed by atoms with van der Waals surface area (Å²) in [6.45, 7) is 0.00291. The van der Waals surface area contributed by atoms with Gasteiger partial charge in [-0.25, -0.2) is 4.79 Å². The number of hydrogen-bond acceptors (Lipinski definition) is 3. The van der Waals surface area contributed by atoms with Crippen molar-refractivity contribution in [3.8, 4) is 5.75 Å². The van der Waals surface area contributed by atoms with Crippen molar-refractivity contribution in [2.45, 2.75) is 25.3 Å². The number of nitrogens with two attached hydrogens (primary N) is 1. The van der Waals surface area contributed by atoms with Crippen LogP contribution in [-0.2, 0) is 0 Å². The Morgan fingerprint density at radius 2 is 2.16 bits per heavy atom. The van der Waals surface area contributed by atoms with Gasteiger partial charge in [-0.2, -0.15) is 0 Å². The topological polar surface area (TPSA) is 100 Å². The summed E-state index contributed by atoms with van der Waals surface area (Å²) in [4.78, 5) is 11.8. The Morgan fingerprint density at radius 1 is 1.42 bits per heavy atom. The normalized spacial score (nSPS) is 14.3. The Labute approximate surface area is 111 Å². The van der Waals surface area contributed by atoms with Crippen LogP contribution in [-0.4, -0.2) is 24.5 Å². The molecule has 2 rings (SSSR count). The number of carbonyl (C=O) groups excluding carboxylic acids is 1. The number of ether oxygens (including phenoxy) is 1. The fraction of sp³-hybridized carbons (Fsp3) is 0.385. The molecule has 0 aromatic heterocycles. The van der Waals surface area contributed by atoms with E-state index in [0.29, 0.717) is 11.4 Å². The zero-order chi connectivity index (χ0) is 13.7. The van der Waals surface area contributed by atoms with Crippen molar-refractivity contribution >= 4 is 17.6 Å². The van der Waals surface area contributed by atoms with Crippen LogP contribution in [0.1, 0.15) is 19.3 Å². The summed E-state index contributed by atoms with van der Waals surface area (Å²) in [5.41, 5.74) is 5.81. The van der Waals surface area contributed by atoms with Gasteiger partial charge in [0.25, 0.3) is 0 Å². The molecule has 0 atom stereocenters. The van der Waals surface area contributed by atoms with Gasteiger partial charge in [-0.1, -0.05) is 12.1 Å². The highest BCUT2D eigenvalue weighted by Crippen LogP contribution is 2.24. The van der Waals surface area contributed by atoms with Crippen molar-refractivity contribution in [3.63, 3.8) is 0 Å². The van der Waals surface area contributed by atoms with Crippen LogP contribution in [0.15, 0.2) is 24.3 Å². The van der Waals surface area contributed by atoms with Gasteiger partial charge in [0.05, 0.1) is 5.69 Å². The molecule has 19 heavy (non-hydrogen) atoms. The summed E-state index contributed by atoms with van der Waals surface area (Å²) >= 11 is 0. The lowest BCUT2D eigenvalue weighted by atomic mass is 9.93. The van der Waals surface area contributed by atoms with Crippen molar-refractivity contribution in [2.75, 3.05) is 11.9 Å². The lowest BCUT2D eigenvalue weighted by Gasteiger charge is -2.26. The molecular weight excluding hydrogens is 244 g/mol. The average Bonchev–Trinajstić information content (AvgIpc) is 2.33. The molecule has 1 fully saturated rings. The van der Waals surface area contributed by atoms with Crippen molar-refractivity contribution in [1.29, 1.82) is 5.41 Å². The average molecular weight is 262 g/mol. The first-order chi connectivity index (χ1) is 9.15. The molecule has 0 bridgehead atoms. The van der Waals surface area contributed by atoms with E-state index in [2.05, 4.69) is 10.6 Å². The molecule has 1 aromatic carbocycles. The highest BCUT2D eigenvalue weighted by molar-refractivity contribution is 5.91. The Balaban J connectivity index is 1.94. The predicted octanol–water partition coefficient (Wildman–Crippen LogP) is 1.68. The summed E-state index contributed by atoms with van der Waals surface area (Å²) in [5, 5.41) is 12.8. The first-order valence-electron chi connectivity index (χ1n) is 6.27. The molecule has 0 saturated heterocycles. The number of carbonyl (C=O) groups is 1. The minimum Gasteiger partial charge on any atom is -0.484 e.